The van der Waals surface area contributed by atoms with Gasteiger partial charge in [-0.25, -0.2) is 0 Å². The third-order valence-electron chi connectivity index (χ3n) is 3.51. The van der Waals surface area contributed by atoms with Crippen molar-refractivity contribution < 1.29 is 9.59 Å². The van der Waals surface area contributed by atoms with Crippen LogP contribution >= 0.6 is 15.9 Å². The van der Waals surface area contributed by atoms with Crippen LogP contribution in [0.2, 0.25) is 0 Å². The molecule has 128 valence electrons. The number of rotatable bonds is 6. The van der Waals surface area contributed by atoms with E-state index in [0.29, 0.717) is 17.8 Å². The maximum Gasteiger partial charge on any atom is 0.255 e. The fourth-order valence-electron chi connectivity index (χ4n) is 2.07. The van der Waals surface area contributed by atoms with Gasteiger partial charge < -0.3 is 10.6 Å². The van der Waals surface area contributed by atoms with E-state index in [1.165, 1.54) is 0 Å². The second kappa shape index (κ2) is 9.00. The number of carbonyl (C=O) groups is 2. The summed E-state index contributed by atoms with van der Waals surface area (Å²) >= 11 is 3.33. The molecule has 0 aromatic heterocycles. The number of nitriles is 1. The summed E-state index contributed by atoms with van der Waals surface area (Å²) in [6.45, 7) is 2.10. The van der Waals surface area contributed by atoms with E-state index in [4.69, 9.17) is 5.26 Å². The first-order chi connectivity index (χ1) is 12.0. The van der Waals surface area contributed by atoms with Crippen molar-refractivity contribution >= 4 is 33.4 Å². The first-order valence-electron chi connectivity index (χ1n) is 7.80. The molecule has 1 unspecified atom stereocenters. The Labute approximate surface area is 155 Å². The molecule has 0 radical (unpaired) electrons. The molecule has 0 saturated heterocycles. The van der Waals surface area contributed by atoms with Gasteiger partial charge in [-0.2, -0.15) is 5.26 Å². The molecule has 5 nitrogen and oxygen atoms in total. The second-order valence-electron chi connectivity index (χ2n) is 5.67. The number of benzene rings is 2. The number of halogens is 1. The SMILES string of the molecule is CC(C#N)CNC(=O)Cc1ccc(NC(=O)c2ccc(Br)cc2)cc1. The minimum atomic E-state index is -0.208. The van der Waals surface area contributed by atoms with Gasteiger partial charge in [0.05, 0.1) is 18.4 Å². The fraction of sp³-hybridized carbons (Fsp3) is 0.211. The second-order valence-corrected chi connectivity index (χ2v) is 6.58. The first kappa shape index (κ1) is 18.7. The quantitative estimate of drug-likeness (QED) is 0.779. The zero-order valence-electron chi connectivity index (χ0n) is 13.8. The van der Waals surface area contributed by atoms with Gasteiger partial charge in [-0.1, -0.05) is 28.1 Å². The molecule has 2 rings (SSSR count). The Hall–Kier alpha value is -2.65. The smallest absolute Gasteiger partial charge is 0.255 e. The van der Waals surface area contributed by atoms with Gasteiger partial charge >= 0.3 is 0 Å². The van der Waals surface area contributed by atoms with Crippen molar-refractivity contribution in [3.05, 3.63) is 64.1 Å². The Kier molecular flexibility index (Phi) is 6.72. The van der Waals surface area contributed by atoms with Crippen LogP contribution in [0.4, 0.5) is 5.69 Å². The Morgan fingerprint density at radius 1 is 1.12 bits per heavy atom. The van der Waals surface area contributed by atoms with Crippen LogP contribution in [0.15, 0.2) is 53.0 Å². The minimum Gasteiger partial charge on any atom is -0.355 e. The highest BCUT2D eigenvalue weighted by atomic mass is 79.9. The first-order valence-corrected chi connectivity index (χ1v) is 8.59. The lowest BCUT2D eigenvalue weighted by Crippen LogP contribution is -2.29. The van der Waals surface area contributed by atoms with E-state index in [-0.39, 0.29) is 24.2 Å². The number of hydrogen-bond acceptors (Lipinski definition) is 3. The molecule has 0 fully saturated rings. The highest BCUT2D eigenvalue weighted by Crippen LogP contribution is 2.14. The molecule has 0 spiro atoms. The van der Waals surface area contributed by atoms with Gasteiger partial charge in [0.1, 0.15) is 0 Å². The molecule has 2 aromatic carbocycles. The molecule has 0 heterocycles. The molecule has 0 aliphatic heterocycles. The average molecular weight is 400 g/mol. The van der Waals surface area contributed by atoms with Crippen LogP contribution in [0.3, 0.4) is 0 Å². The molecule has 25 heavy (non-hydrogen) atoms. The summed E-state index contributed by atoms with van der Waals surface area (Å²) in [5.41, 5.74) is 2.07. The molecule has 2 amide bonds. The van der Waals surface area contributed by atoms with Gasteiger partial charge in [0.2, 0.25) is 5.91 Å². The third-order valence-corrected chi connectivity index (χ3v) is 4.04. The number of nitrogens with zero attached hydrogens (tertiary/aromatic N) is 1. The summed E-state index contributed by atoms with van der Waals surface area (Å²) in [5, 5.41) is 14.2. The zero-order chi connectivity index (χ0) is 18.2. The van der Waals surface area contributed by atoms with Crippen LogP contribution in [0.25, 0.3) is 0 Å². The monoisotopic (exact) mass is 399 g/mol. The number of amides is 2. The molecule has 0 aliphatic rings. The largest absolute Gasteiger partial charge is 0.355 e. The Bertz CT molecular complexity index is 780. The standard InChI is InChI=1S/C19H18BrN3O2/c1-13(11-21)12-22-18(24)10-14-2-8-17(9-3-14)23-19(25)15-4-6-16(20)7-5-15/h2-9,13H,10,12H2,1H3,(H,22,24)(H,23,25). The summed E-state index contributed by atoms with van der Waals surface area (Å²) in [6, 6.07) is 16.3. The molecule has 0 aliphatic carbocycles. The van der Waals surface area contributed by atoms with E-state index in [2.05, 4.69) is 32.6 Å². The van der Waals surface area contributed by atoms with E-state index in [1.54, 1.807) is 43.3 Å². The number of anilines is 1. The minimum absolute atomic E-state index is 0.131. The van der Waals surface area contributed by atoms with Crippen LogP contribution < -0.4 is 10.6 Å². The molecular weight excluding hydrogens is 382 g/mol. The van der Waals surface area contributed by atoms with Gasteiger partial charge in [-0.3, -0.25) is 9.59 Å². The van der Waals surface area contributed by atoms with Crippen molar-refractivity contribution in [2.75, 3.05) is 11.9 Å². The van der Waals surface area contributed by atoms with Gasteiger partial charge in [-0.15, -0.1) is 0 Å². The lowest BCUT2D eigenvalue weighted by atomic mass is 10.1. The van der Waals surface area contributed by atoms with Gasteiger partial charge in [0.25, 0.3) is 5.91 Å². The summed E-state index contributed by atoms with van der Waals surface area (Å²) in [7, 11) is 0. The van der Waals surface area contributed by atoms with Crippen LogP contribution in [-0.2, 0) is 11.2 Å². The zero-order valence-corrected chi connectivity index (χ0v) is 15.3. The van der Waals surface area contributed by atoms with Crippen molar-refractivity contribution in [1.82, 2.24) is 5.32 Å². The maximum atomic E-state index is 12.1. The molecule has 1 atom stereocenters. The van der Waals surface area contributed by atoms with Gasteiger partial charge in [0, 0.05) is 22.3 Å². The van der Waals surface area contributed by atoms with E-state index >= 15 is 0 Å². The molecule has 0 bridgehead atoms. The van der Waals surface area contributed by atoms with Gasteiger partial charge in [0.15, 0.2) is 0 Å². The van der Waals surface area contributed by atoms with E-state index in [1.807, 2.05) is 12.1 Å². The molecule has 2 aromatic rings. The Morgan fingerprint density at radius 2 is 1.76 bits per heavy atom. The number of carbonyl (C=O) groups excluding carboxylic acids is 2. The third kappa shape index (κ3) is 6.05. The van der Waals surface area contributed by atoms with Crippen molar-refractivity contribution in [2.24, 2.45) is 5.92 Å². The number of nitrogens with one attached hydrogen (secondary N) is 2. The highest BCUT2D eigenvalue weighted by molar-refractivity contribution is 9.10. The molecule has 2 N–H and O–H groups in total. The van der Waals surface area contributed by atoms with E-state index in [0.717, 1.165) is 10.0 Å². The van der Waals surface area contributed by atoms with Crippen LogP contribution in [0.5, 0.6) is 0 Å². The van der Waals surface area contributed by atoms with Crippen LogP contribution in [0, 0.1) is 17.2 Å². The summed E-state index contributed by atoms with van der Waals surface area (Å²) in [6.07, 6.45) is 0.235. The topological polar surface area (TPSA) is 82.0 Å². The maximum absolute atomic E-state index is 12.1. The lowest BCUT2D eigenvalue weighted by molar-refractivity contribution is -0.120. The fourth-order valence-corrected chi connectivity index (χ4v) is 2.34. The van der Waals surface area contributed by atoms with E-state index < -0.39 is 0 Å². The van der Waals surface area contributed by atoms with Crippen LogP contribution in [0.1, 0.15) is 22.8 Å². The molecule has 0 saturated carbocycles. The predicted molar refractivity (Wildman–Crippen MR) is 100 cm³/mol. The normalized spacial score (nSPS) is 11.2. The lowest BCUT2D eigenvalue weighted by Gasteiger charge is -2.08. The molecular formula is C19H18BrN3O2. The Balaban J connectivity index is 1.89. The summed E-state index contributed by atoms with van der Waals surface area (Å²) in [5.74, 6) is -0.530. The summed E-state index contributed by atoms with van der Waals surface area (Å²) < 4.78 is 0.913. The highest BCUT2D eigenvalue weighted by Gasteiger charge is 2.08. The van der Waals surface area contributed by atoms with Crippen molar-refractivity contribution in [3.63, 3.8) is 0 Å². The van der Waals surface area contributed by atoms with E-state index in [9.17, 15) is 9.59 Å². The average Bonchev–Trinajstić information content (AvgIpc) is 2.61. The molecule has 6 heteroatoms. The van der Waals surface area contributed by atoms with Crippen LogP contribution in [-0.4, -0.2) is 18.4 Å². The van der Waals surface area contributed by atoms with Crippen molar-refractivity contribution in [3.8, 4) is 6.07 Å². The van der Waals surface area contributed by atoms with Gasteiger partial charge in [-0.05, 0) is 48.9 Å². The Morgan fingerprint density at radius 3 is 2.36 bits per heavy atom. The number of hydrogen-bond donors (Lipinski definition) is 2. The van der Waals surface area contributed by atoms with Crippen molar-refractivity contribution in [2.45, 2.75) is 13.3 Å². The predicted octanol–water partition coefficient (Wildman–Crippen LogP) is 3.52. The van der Waals surface area contributed by atoms with Crippen molar-refractivity contribution in [1.29, 1.82) is 5.26 Å². The summed E-state index contributed by atoms with van der Waals surface area (Å²) in [4.78, 5) is 24.0.